The van der Waals surface area contributed by atoms with Gasteiger partial charge in [0.1, 0.15) is 0 Å². The fraction of sp³-hybridized carbons (Fsp3) is 0.0909. The Hall–Kier alpha value is 0.360. The highest BCUT2D eigenvalue weighted by molar-refractivity contribution is 9.11. The predicted molar refractivity (Wildman–Crippen MR) is 76.9 cm³/mol. The lowest BCUT2D eigenvalue weighted by atomic mass is 10.1. The number of hydrogen-bond acceptors (Lipinski definition) is 1. The van der Waals surface area contributed by atoms with E-state index >= 15 is 0 Å². The molecule has 0 spiro atoms. The van der Waals surface area contributed by atoms with Crippen molar-refractivity contribution in [2.75, 3.05) is 0 Å². The molecule has 0 N–H and O–H groups in total. The van der Waals surface area contributed by atoms with Crippen LogP contribution in [-0.2, 0) is 0 Å². The summed E-state index contributed by atoms with van der Waals surface area (Å²) in [5.74, 6) is 0. The summed E-state index contributed by atoms with van der Waals surface area (Å²) in [6.07, 6.45) is 0. The average Bonchev–Trinajstić information content (AvgIpc) is 2.63. The monoisotopic (exact) mass is 408 g/mol. The maximum absolute atomic E-state index is 3.72. The van der Waals surface area contributed by atoms with E-state index in [9.17, 15) is 0 Å². The summed E-state index contributed by atoms with van der Waals surface area (Å²) >= 11 is 12.5. The topological polar surface area (TPSA) is 0 Å². The van der Waals surface area contributed by atoms with Gasteiger partial charge in [-0.1, -0.05) is 44.0 Å². The molecule has 0 aliphatic heterocycles. The van der Waals surface area contributed by atoms with Gasteiger partial charge in [-0.15, -0.1) is 11.3 Å². The van der Waals surface area contributed by atoms with Crippen molar-refractivity contribution in [3.8, 4) is 0 Å². The van der Waals surface area contributed by atoms with Crippen LogP contribution in [0.1, 0.15) is 15.3 Å². The molecule has 2 aromatic rings. The maximum Gasteiger partial charge on any atom is 0.0749 e. The third-order valence-corrected chi connectivity index (χ3v) is 5.73. The molecule has 0 radical (unpaired) electrons. The molecule has 0 saturated heterocycles. The van der Waals surface area contributed by atoms with Crippen molar-refractivity contribution in [1.29, 1.82) is 0 Å². The minimum Gasteiger partial charge on any atom is -0.146 e. The van der Waals surface area contributed by atoms with Crippen molar-refractivity contribution < 1.29 is 0 Å². The standard InChI is InChI=1S/C11H7Br3S/c12-8-3-1-2-7(6-8)10(14)11-9(13)4-5-15-11/h1-6,10H. The van der Waals surface area contributed by atoms with Gasteiger partial charge in [-0.05, 0) is 45.1 Å². The Kier molecular flexibility index (Phi) is 4.04. The molecular weight excluding hydrogens is 404 g/mol. The van der Waals surface area contributed by atoms with Crippen molar-refractivity contribution in [1.82, 2.24) is 0 Å². The lowest BCUT2D eigenvalue weighted by molar-refractivity contribution is 1.21. The summed E-state index contributed by atoms with van der Waals surface area (Å²) in [6, 6.07) is 10.4. The van der Waals surface area contributed by atoms with Crippen LogP contribution < -0.4 is 0 Å². The molecule has 1 unspecified atom stereocenters. The Bertz CT molecular complexity index is 464. The molecule has 0 saturated carbocycles. The van der Waals surface area contributed by atoms with Gasteiger partial charge in [-0.25, -0.2) is 0 Å². The molecule has 0 aliphatic carbocycles. The second-order valence-electron chi connectivity index (χ2n) is 3.05. The van der Waals surface area contributed by atoms with E-state index in [-0.39, 0.29) is 4.83 Å². The van der Waals surface area contributed by atoms with E-state index in [1.54, 1.807) is 11.3 Å². The summed E-state index contributed by atoms with van der Waals surface area (Å²) in [5.41, 5.74) is 1.26. The minimum absolute atomic E-state index is 0.254. The van der Waals surface area contributed by atoms with Crippen LogP contribution in [0, 0.1) is 0 Å². The van der Waals surface area contributed by atoms with Gasteiger partial charge >= 0.3 is 0 Å². The summed E-state index contributed by atoms with van der Waals surface area (Å²) < 4.78 is 2.27. The summed E-state index contributed by atoms with van der Waals surface area (Å²) in [4.78, 5) is 1.55. The van der Waals surface area contributed by atoms with Crippen LogP contribution in [0.25, 0.3) is 0 Å². The van der Waals surface area contributed by atoms with Gasteiger partial charge in [0, 0.05) is 13.8 Å². The first-order valence-electron chi connectivity index (χ1n) is 4.31. The van der Waals surface area contributed by atoms with Crippen LogP contribution in [0.2, 0.25) is 0 Å². The highest BCUT2D eigenvalue weighted by Gasteiger charge is 2.14. The van der Waals surface area contributed by atoms with Crippen molar-refractivity contribution in [3.63, 3.8) is 0 Å². The van der Waals surface area contributed by atoms with E-state index in [2.05, 4.69) is 77.4 Å². The van der Waals surface area contributed by atoms with Crippen molar-refractivity contribution in [2.24, 2.45) is 0 Å². The lowest BCUT2D eigenvalue weighted by Gasteiger charge is -2.09. The normalized spacial score (nSPS) is 12.7. The molecule has 1 atom stereocenters. The highest BCUT2D eigenvalue weighted by atomic mass is 79.9. The molecule has 2 rings (SSSR count). The molecule has 1 aromatic heterocycles. The van der Waals surface area contributed by atoms with Gasteiger partial charge in [0.15, 0.2) is 0 Å². The van der Waals surface area contributed by atoms with Crippen molar-refractivity contribution in [2.45, 2.75) is 4.83 Å². The zero-order valence-electron chi connectivity index (χ0n) is 7.58. The lowest BCUT2D eigenvalue weighted by Crippen LogP contribution is -1.89. The first-order chi connectivity index (χ1) is 7.18. The molecular formula is C11H7Br3S. The van der Waals surface area contributed by atoms with Gasteiger partial charge in [-0.2, -0.15) is 0 Å². The molecule has 15 heavy (non-hydrogen) atoms. The molecule has 0 amide bonds. The number of alkyl halides is 1. The molecule has 1 heterocycles. The largest absolute Gasteiger partial charge is 0.146 e. The van der Waals surface area contributed by atoms with Crippen molar-refractivity contribution >= 4 is 59.1 Å². The Labute approximate surface area is 118 Å². The second kappa shape index (κ2) is 5.13. The van der Waals surface area contributed by atoms with Gasteiger partial charge in [0.2, 0.25) is 0 Å². The summed E-state index contributed by atoms with van der Waals surface area (Å²) in [5, 5.41) is 2.09. The summed E-state index contributed by atoms with van der Waals surface area (Å²) in [6.45, 7) is 0. The first-order valence-corrected chi connectivity index (χ1v) is 7.69. The predicted octanol–water partition coefficient (Wildman–Crippen LogP) is 5.76. The number of halogens is 3. The molecule has 1 aromatic carbocycles. The molecule has 0 bridgehead atoms. The van der Waals surface area contributed by atoms with E-state index in [1.807, 2.05) is 6.07 Å². The molecule has 0 nitrogen and oxygen atoms in total. The van der Waals surface area contributed by atoms with Crippen LogP contribution in [-0.4, -0.2) is 0 Å². The Balaban J connectivity index is 2.36. The van der Waals surface area contributed by atoms with E-state index < -0.39 is 0 Å². The minimum atomic E-state index is 0.254. The smallest absolute Gasteiger partial charge is 0.0749 e. The molecule has 78 valence electrons. The van der Waals surface area contributed by atoms with Crippen molar-refractivity contribution in [3.05, 3.63) is 55.1 Å². The van der Waals surface area contributed by atoms with Gasteiger partial charge < -0.3 is 0 Å². The van der Waals surface area contributed by atoms with Gasteiger partial charge in [0.25, 0.3) is 0 Å². The Morgan fingerprint density at radius 2 is 1.93 bits per heavy atom. The van der Waals surface area contributed by atoms with E-state index in [1.165, 1.54) is 10.4 Å². The molecule has 0 aliphatic rings. The fourth-order valence-corrected chi connectivity index (χ4v) is 4.48. The van der Waals surface area contributed by atoms with Gasteiger partial charge in [-0.3, -0.25) is 0 Å². The first kappa shape index (κ1) is 11.8. The van der Waals surface area contributed by atoms with Gasteiger partial charge in [0.05, 0.1) is 4.83 Å². The third-order valence-electron chi connectivity index (χ3n) is 2.02. The second-order valence-corrected chi connectivity index (χ2v) is 6.68. The zero-order valence-corrected chi connectivity index (χ0v) is 13.2. The number of hydrogen-bond donors (Lipinski definition) is 0. The number of benzene rings is 1. The maximum atomic E-state index is 3.72. The van der Waals surface area contributed by atoms with E-state index in [0.29, 0.717) is 0 Å². The van der Waals surface area contributed by atoms with Crippen LogP contribution in [0.15, 0.2) is 44.7 Å². The zero-order chi connectivity index (χ0) is 10.8. The molecule has 4 heteroatoms. The van der Waals surface area contributed by atoms with Crippen LogP contribution in [0.4, 0.5) is 0 Å². The number of rotatable bonds is 2. The number of thiophene rings is 1. The van der Waals surface area contributed by atoms with Crippen LogP contribution in [0.3, 0.4) is 0 Å². The average molecular weight is 411 g/mol. The SMILES string of the molecule is Brc1cccc(C(Br)c2sccc2Br)c1. The summed E-state index contributed by atoms with van der Waals surface area (Å²) in [7, 11) is 0. The highest BCUT2D eigenvalue weighted by Crippen LogP contribution is 2.39. The third kappa shape index (κ3) is 2.73. The fourth-order valence-electron chi connectivity index (χ4n) is 1.30. The molecule has 0 fully saturated rings. The van der Waals surface area contributed by atoms with E-state index in [4.69, 9.17) is 0 Å². The Morgan fingerprint density at radius 1 is 1.13 bits per heavy atom. The quantitative estimate of drug-likeness (QED) is 0.552. The van der Waals surface area contributed by atoms with E-state index in [0.717, 1.165) is 8.95 Å². The van der Waals surface area contributed by atoms with Crippen LogP contribution >= 0.6 is 59.1 Å². The van der Waals surface area contributed by atoms with Crippen LogP contribution in [0.5, 0.6) is 0 Å². The Morgan fingerprint density at radius 3 is 2.53 bits per heavy atom.